The standard InChI is InChI=1S/C14H19NO2/c1-3-8-15-11(2)4-5-12-6-7-13-14(9-12)17-10-16-13/h3,6-7,9,11,15H,1,4-5,8,10H2,2H3. The van der Waals surface area contributed by atoms with E-state index in [0.717, 1.165) is 30.9 Å². The van der Waals surface area contributed by atoms with Crippen molar-refractivity contribution in [1.29, 1.82) is 0 Å². The van der Waals surface area contributed by atoms with Crippen molar-refractivity contribution in [2.75, 3.05) is 13.3 Å². The van der Waals surface area contributed by atoms with Gasteiger partial charge in [-0.2, -0.15) is 0 Å². The maximum absolute atomic E-state index is 5.36. The van der Waals surface area contributed by atoms with E-state index in [4.69, 9.17) is 9.47 Å². The van der Waals surface area contributed by atoms with Crippen LogP contribution in [0.2, 0.25) is 0 Å². The number of fused-ring (bicyclic) bond motifs is 1. The number of benzene rings is 1. The zero-order valence-electron chi connectivity index (χ0n) is 10.2. The van der Waals surface area contributed by atoms with Crippen LogP contribution in [0, 0.1) is 0 Å². The summed E-state index contributed by atoms with van der Waals surface area (Å²) in [6, 6.07) is 6.66. The monoisotopic (exact) mass is 233 g/mol. The third-order valence-electron chi connectivity index (χ3n) is 2.91. The second-order valence-electron chi connectivity index (χ2n) is 4.32. The number of hydrogen-bond acceptors (Lipinski definition) is 3. The molecule has 0 aromatic heterocycles. The van der Waals surface area contributed by atoms with Crippen molar-refractivity contribution in [3.63, 3.8) is 0 Å². The molecular formula is C14H19NO2. The molecule has 0 fully saturated rings. The van der Waals surface area contributed by atoms with Gasteiger partial charge in [0.2, 0.25) is 6.79 Å². The van der Waals surface area contributed by atoms with Crippen LogP contribution in [0.3, 0.4) is 0 Å². The molecule has 1 atom stereocenters. The van der Waals surface area contributed by atoms with E-state index in [9.17, 15) is 0 Å². The lowest BCUT2D eigenvalue weighted by molar-refractivity contribution is 0.174. The van der Waals surface area contributed by atoms with Gasteiger partial charge in [-0.25, -0.2) is 0 Å². The van der Waals surface area contributed by atoms with Crippen LogP contribution >= 0.6 is 0 Å². The third-order valence-corrected chi connectivity index (χ3v) is 2.91. The average molecular weight is 233 g/mol. The Morgan fingerprint density at radius 2 is 2.24 bits per heavy atom. The van der Waals surface area contributed by atoms with Crippen LogP contribution in [0.4, 0.5) is 0 Å². The topological polar surface area (TPSA) is 30.5 Å². The molecule has 0 bridgehead atoms. The summed E-state index contributed by atoms with van der Waals surface area (Å²) < 4.78 is 10.6. The number of hydrogen-bond donors (Lipinski definition) is 1. The van der Waals surface area contributed by atoms with Crippen molar-refractivity contribution in [1.82, 2.24) is 5.32 Å². The summed E-state index contributed by atoms with van der Waals surface area (Å²) in [5, 5.41) is 3.38. The van der Waals surface area contributed by atoms with Gasteiger partial charge in [0.25, 0.3) is 0 Å². The molecule has 0 saturated carbocycles. The van der Waals surface area contributed by atoms with Crippen LogP contribution in [0.5, 0.6) is 11.5 Å². The molecule has 3 nitrogen and oxygen atoms in total. The van der Waals surface area contributed by atoms with E-state index in [1.807, 2.05) is 12.1 Å². The maximum Gasteiger partial charge on any atom is 0.231 e. The highest BCUT2D eigenvalue weighted by molar-refractivity contribution is 5.44. The van der Waals surface area contributed by atoms with Crippen LogP contribution in [-0.4, -0.2) is 19.4 Å². The second-order valence-corrected chi connectivity index (χ2v) is 4.32. The Balaban J connectivity index is 1.84. The first-order valence-electron chi connectivity index (χ1n) is 6.02. The second kappa shape index (κ2) is 5.73. The van der Waals surface area contributed by atoms with Crippen molar-refractivity contribution in [2.24, 2.45) is 0 Å². The van der Waals surface area contributed by atoms with Crippen molar-refractivity contribution < 1.29 is 9.47 Å². The molecule has 0 saturated heterocycles. The van der Waals surface area contributed by atoms with Gasteiger partial charge in [-0.1, -0.05) is 12.1 Å². The van der Waals surface area contributed by atoms with E-state index in [-0.39, 0.29) is 0 Å². The molecule has 1 aliphatic heterocycles. The Bertz CT molecular complexity index is 390. The smallest absolute Gasteiger partial charge is 0.231 e. The summed E-state index contributed by atoms with van der Waals surface area (Å²) in [7, 11) is 0. The van der Waals surface area contributed by atoms with Gasteiger partial charge in [0.1, 0.15) is 0 Å². The van der Waals surface area contributed by atoms with Crippen molar-refractivity contribution in [3.05, 3.63) is 36.4 Å². The first kappa shape index (κ1) is 12.0. The Hall–Kier alpha value is -1.48. The Morgan fingerprint density at radius 1 is 1.41 bits per heavy atom. The molecule has 1 unspecified atom stereocenters. The molecule has 0 amide bonds. The van der Waals surface area contributed by atoms with Gasteiger partial charge >= 0.3 is 0 Å². The zero-order valence-corrected chi connectivity index (χ0v) is 10.2. The summed E-state index contributed by atoms with van der Waals surface area (Å²) in [6.45, 7) is 7.10. The number of ether oxygens (including phenoxy) is 2. The van der Waals surface area contributed by atoms with E-state index in [1.54, 1.807) is 0 Å². The van der Waals surface area contributed by atoms with E-state index in [1.165, 1.54) is 5.56 Å². The fourth-order valence-corrected chi connectivity index (χ4v) is 1.87. The quantitative estimate of drug-likeness (QED) is 0.766. The molecule has 1 heterocycles. The van der Waals surface area contributed by atoms with Gasteiger partial charge in [0, 0.05) is 12.6 Å². The Labute approximate surface area is 102 Å². The predicted molar refractivity (Wildman–Crippen MR) is 68.5 cm³/mol. The minimum absolute atomic E-state index is 0.343. The van der Waals surface area contributed by atoms with Crippen LogP contribution < -0.4 is 14.8 Å². The summed E-state index contributed by atoms with van der Waals surface area (Å²) >= 11 is 0. The highest BCUT2D eigenvalue weighted by Gasteiger charge is 2.13. The highest BCUT2D eigenvalue weighted by atomic mass is 16.7. The lowest BCUT2D eigenvalue weighted by Crippen LogP contribution is -2.26. The largest absolute Gasteiger partial charge is 0.454 e. The van der Waals surface area contributed by atoms with Crippen LogP contribution in [0.25, 0.3) is 0 Å². The van der Waals surface area contributed by atoms with E-state index < -0.39 is 0 Å². The lowest BCUT2D eigenvalue weighted by Gasteiger charge is -2.12. The summed E-state index contributed by atoms with van der Waals surface area (Å²) in [5.74, 6) is 1.72. The Morgan fingerprint density at radius 3 is 3.06 bits per heavy atom. The van der Waals surface area contributed by atoms with Crippen LogP contribution in [-0.2, 0) is 6.42 Å². The molecule has 3 heteroatoms. The van der Waals surface area contributed by atoms with Gasteiger partial charge in [0.15, 0.2) is 11.5 Å². The zero-order chi connectivity index (χ0) is 12.1. The highest BCUT2D eigenvalue weighted by Crippen LogP contribution is 2.32. The molecule has 92 valence electrons. The molecule has 2 rings (SSSR count). The SMILES string of the molecule is C=CCNC(C)CCc1ccc2c(c1)OCO2. The summed E-state index contributed by atoms with van der Waals surface area (Å²) in [5.41, 5.74) is 1.29. The molecule has 1 aliphatic rings. The summed E-state index contributed by atoms with van der Waals surface area (Å²) in [4.78, 5) is 0. The first-order chi connectivity index (χ1) is 8.29. The van der Waals surface area contributed by atoms with Gasteiger partial charge in [-0.3, -0.25) is 0 Å². The van der Waals surface area contributed by atoms with Crippen molar-refractivity contribution in [2.45, 2.75) is 25.8 Å². The van der Waals surface area contributed by atoms with Gasteiger partial charge in [0.05, 0.1) is 0 Å². The molecule has 17 heavy (non-hydrogen) atoms. The van der Waals surface area contributed by atoms with E-state index >= 15 is 0 Å². The van der Waals surface area contributed by atoms with Crippen LogP contribution in [0.1, 0.15) is 18.9 Å². The molecule has 1 aromatic rings. The number of aryl methyl sites for hydroxylation is 1. The van der Waals surface area contributed by atoms with E-state index in [2.05, 4.69) is 31.0 Å². The van der Waals surface area contributed by atoms with Gasteiger partial charge in [-0.15, -0.1) is 6.58 Å². The Kier molecular flexibility index (Phi) is 4.04. The molecule has 0 aliphatic carbocycles. The van der Waals surface area contributed by atoms with Crippen LogP contribution in [0.15, 0.2) is 30.9 Å². The maximum atomic E-state index is 5.36. The molecule has 1 N–H and O–H groups in total. The lowest BCUT2D eigenvalue weighted by atomic mass is 10.1. The van der Waals surface area contributed by atoms with Gasteiger partial charge in [-0.05, 0) is 37.5 Å². The molecule has 0 spiro atoms. The fourth-order valence-electron chi connectivity index (χ4n) is 1.87. The normalized spacial score (nSPS) is 14.6. The minimum Gasteiger partial charge on any atom is -0.454 e. The number of rotatable bonds is 6. The fraction of sp³-hybridized carbons (Fsp3) is 0.429. The van der Waals surface area contributed by atoms with E-state index in [0.29, 0.717) is 12.8 Å². The third kappa shape index (κ3) is 3.24. The molecule has 1 aromatic carbocycles. The average Bonchev–Trinajstić information content (AvgIpc) is 2.81. The summed E-state index contributed by atoms with van der Waals surface area (Å²) in [6.07, 6.45) is 4.03. The number of nitrogens with one attached hydrogen (secondary N) is 1. The first-order valence-corrected chi connectivity index (χ1v) is 6.02. The van der Waals surface area contributed by atoms with Crippen molar-refractivity contribution in [3.8, 4) is 11.5 Å². The molecule has 0 radical (unpaired) electrons. The predicted octanol–water partition coefficient (Wildman–Crippen LogP) is 2.51. The minimum atomic E-state index is 0.343. The van der Waals surface area contributed by atoms with Gasteiger partial charge < -0.3 is 14.8 Å². The molecular weight excluding hydrogens is 214 g/mol. The van der Waals surface area contributed by atoms with Crippen molar-refractivity contribution >= 4 is 0 Å².